The Hall–Kier alpha value is -4.49. The van der Waals surface area contributed by atoms with Crippen molar-refractivity contribution in [3.8, 4) is 5.75 Å². The van der Waals surface area contributed by atoms with Gasteiger partial charge in [0.1, 0.15) is 17.2 Å². The Morgan fingerprint density at radius 1 is 0.878 bits per heavy atom. The predicted molar refractivity (Wildman–Crippen MR) is 162 cm³/mol. The highest BCUT2D eigenvalue weighted by Gasteiger charge is 2.70. The smallest absolute Gasteiger partial charge is 0.238 e. The third kappa shape index (κ3) is 3.58. The third-order valence-corrected chi connectivity index (χ3v) is 9.21. The Labute approximate surface area is 245 Å². The molecule has 1 amide bonds. The fourth-order valence-corrected chi connectivity index (χ4v) is 7.43. The Morgan fingerprint density at radius 2 is 1.61 bits per heavy atom. The Kier molecular flexibility index (Phi) is 5.94. The highest BCUT2D eigenvalue weighted by atomic mass is 79.9. The van der Waals surface area contributed by atoms with Gasteiger partial charge in [0, 0.05) is 22.5 Å². The van der Waals surface area contributed by atoms with Gasteiger partial charge in [0.15, 0.2) is 11.6 Å². The molecule has 7 heteroatoms. The molecule has 0 aliphatic carbocycles. The molecular weight excluding hydrogens is 580 g/mol. The van der Waals surface area contributed by atoms with Crippen LogP contribution < -0.4 is 15.0 Å². The number of halogens is 1. The fraction of sp³-hybridized carbons (Fsp3) is 0.147. The summed E-state index contributed by atoms with van der Waals surface area (Å²) in [6.07, 6.45) is 3.97. The minimum absolute atomic E-state index is 0.244. The molecule has 4 aromatic carbocycles. The Morgan fingerprint density at radius 3 is 2.39 bits per heavy atom. The number of nitrogens with one attached hydrogen (secondary N) is 1. The number of ketones is 2. The van der Waals surface area contributed by atoms with Crippen molar-refractivity contribution in [2.24, 2.45) is 5.92 Å². The third-order valence-electron chi connectivity index (χ3n) is 8.59. The van der Waals surface area contributed by atoms with Crippen LogP contribution in [0.15, 0.2) is 108 Å². The summed E-state index contributed by atoms with van der Waals surface area (Å²) in [6, 6.07) is 27.9. The number of amides is 1. The lowest BCUT2D eigenvalue weighted by atomic mass is 9.64. The molecule has 3 aliphatic heterocycles. The van der Waals surface area contributed by atoms with Gasteiger partial charge in [-0.05, 0) is 57.4 Å². The number of para-hydroxylation sites is 2. The van der Waals surface area contributed by atoms with Gasteiger partial charge in [-0.25, -0.2) is 0 Å². The van der Waals surface area contributed by atoms with Crippen LogP contribution in [0.4, 0.5) is 11.4 Å². The van der Waals surface area contributed by atoms with E-state index in [-0.39, 0.29) is 17.5 Å². The molecule has 0 aromatic heterocycles. The number of benzene rings is 4. The number of anilines is 2. The predicted octanol–water partition coefficient (Wildman–Crippen LogP) is 6.31. The number of hydrogen-bond donors (Lipinski definition) is 1. The van der Waals surface area contributed by atoms with Crippen molar-refractivity contribution in [1.29, 1.82) is 0 Å². The summed E-state index contributed by atoms with van der Waals surface area (Å²) in [4.78, 5) is 45.8. The lowest BCUT2D eigenvalue weighted by molar-refractivity contribution is -0.121. The Balaban J connectivity index is 1.52. The molecule has 0 radical (unpaired) electrons. The summed E-state index contributed by atoms with van der Waals surface area (Å²) in [5.41, 5.74) is 2.67. The molecule has 1 fully saturated rings. The molecule has 4 atom stereocenters. The maximum absolute atomic E-state index is 14.8. The molecule has 3 heterocycles. The average Bonchev–Trinajstić information content (AvgIpc) is 3.49. The number of methoxy groups -OCH3 is 1. The van der Waals surface area contributed by atoms with E-state index in [1.807, 2.05) is 71.6 Å². The van der Waals surface area contributed by atoms with Gasteiger partial charge in [-0.2, -0.15) is 0 Å². The molecule has 7 rings (SSSR count). The van der Waals surface area contributed by atoms with Gasteiger partial charge in [0.25, 0.3) is 0 Å². The normalized spacial score (nSPS) is 23.5. The minimum Gasteiger partial charge on any atom is -0.496 e. The van der Waals surface area contributed by atoms with Crippen molar-refractivity contribution >= 4 is 50.9 Å². The maximum atomic E-state index is 14.8. The standard InChI is InChI=1S/C34H25BrN2O4/c1-41-27-17-15-22(19-24(27)35)32(39)30-29(31(38)21-10-3-2-4-11-21)34(23-12-6-7-13-25(23)36-33(34)40)28-18-16-20-9-5-8-14-26(20)37(28)30/h2-19,28-30H,1H3,(H,36,40)/t28-,29-,30+,34+/m0/s1. The summed E-state index contributed by atoms with van der Waals surface area (Å²) in [5, 5.41) is 3.06. The molecule has 41 heavy (non-hydrogen) atoms. The number of carbonyl (C=O) groups is 3. The van der Waals surface area contributed by atoms with Gasteiger partial charge in [-0.3, -0.25) is 14.4 Å². The largest absolute Gasteiger partial charge is 0.496 e. The second-order valence-corrected chi connectivity index (χ2v) is 11.4. The van der Waals surface area contributed by atoms with Crippen LogP contribution in [0.2, 0.25) is 0 Å². The quantitative estimate of drug-likeness (QED) is 0.270. The van der Waals surface area contributed by atoms with Gasteiger partial charge < -0.3 is 15.0 Å². The minimum atomic E-state index is -1.34. The molecule has 3 aliphatic rings. The van der Waals surface area contributed by atoms with E-state index in [0.29, 0.717) is 27.0 Å². The van der Waals surface area contributed by atoms with E-state index in [1.165, 1.54) is 0 Å². The van der Waals surface area contributed by atoms with E-state index in [9.17, 15) is 14.4 Å². The summed E-state index contributed by atoms with van der Waals surface area (Å²) >= 11 is 3.52. The van der Waals surface area contributed by atoms with Crippen LogP contribution in [-0.4, -0.2) is 36.7 Å². The SMILES string of the molecule is COc1ccc(C(=O)[C@H]2[C@@H](C(=O)c3ccccc3)[C@]3(C(=O)Nc4ccccc43)[C@@H]3C=Cc4ccccc4N32)cc1Br. The highest BCUT2D eigenvalue weighted by Crippen LogP contribution is 2.58. The molecule has 0 unspecified atom stereocenters. The highest BCUT2D eigenvalue weighted by molar-refractivity contribution is 9.10. The zero-order valence-electron chi connectivity index (χ0n) is 22.1. The molecule has 0 saturated carbocycles. The molecule has 4 aromatic rings. The first-order valence-corrected chi connectivity index (χ1v) is 14.2. The van der Waals surface area contributed by atoms with Crippen molar-refractivity contribution < 1.29 is 19.1 Å². The average molecular weight is 605 g/mol. The number of hydrogen-bond acceptors (Lipinski definition) is 5. The van der Waals surface area contributed by atoms with Crippen molar-refractivity contribution in [2.75, 3.05) is 17.3 Å². The van der Waals surface area contributed by atoms with Gasteiger partial charge in [-0.1, -0.05) is 78.9 Å². The summed E-state index contributed by atoms with van der Waals surface area (Å²) in [7, 11) is 1.56. The fourth-order valence-electron chi connectivity index (χ4n) is 6.89. The zero-order valence-corrected chi connectivity index (χ0v) is 23.7. The summed E-state index contributed by atoms with van der Waals surface area (Å²) in [6.45, 7) is 0. The molecule has 202 valence electrons. The van der Waals surface area contributed by atoms with Crippen LogP contribution in [0.1, 0.15) is 31.8 Å². The van der Waals surface area contributed by atoms with E-state index in [2.05, 4.69) is 21.2 Å². The number of ether oxygens (including phenoxy) is 1. The second kappa shape index (κ2) is 9.56. The first kappa shape index (κ1) is 25.5. The van der Waals surface area contributed by atoms with E-state index in [0.717, 1.165) is 16.8 Å². The zero-order chi connectivity index (χ0) is 28.3. The number of carbonyl (C=O) groups excluding carboxylic acids is 3. The van der Waals surface area contributed by atoms with E-state index in [4.69, 9.17) is 4.74 Å². The molecule has 0 bridgehead atoms. The van der Waals surface area contributed by atoms with Crippen molar-refractivity contribution in [1.82, 2.24) is 0 Å². The van der Waals surface area contributed by atoms with Crippen LogP contribution >= 0.6 is 15.9 Å². The second-order valence-electron chi connectivity index (χ2n) is 10.5. The number of rotatable bonds is 5. The molecule has 6 nitrogen and oxygen atoms in total. The monoisotopic (exact) mass is 604 g/mol. The molecule has 1 saturated heterocycles. The van der Waals surface area contributed by atoms with Crippen LogP contribution in [0.25, 0.3) is 6.08 Å². The topological polar surface area (TPSA) is 75.7 Å². The first-order valence-electron chi connectivity index (χ1n) is 13.4. The summed E-state index contributed by atoms with van der Waals surface area (Å²) in [5.74, 6) is -1.19. The Bertz CT molecular complexity index is 1770. The van der Waals surface area contributed by atoms with Crippen LogP contribution in [0, 0.1) is 5.92 Å². The lowest BCUT2D eigenvalue weighted by Gasteiger charge is -2.37. The number of Topliss-reactive ketones (excluding diaryl/α,β-unsaturated/α-hetero) is 2. The van der Waals surface area contributed by atoms with Crippen molar-refractivity contribution in [2.45, 2.75) is 17.5 Å². The molecular formula is C34H25BrN2O4. The summed E-state index contributed by atoms with van der Waals surface area (Å²) < 4.78 is 6.03. The van der Waals surface area contributed by atoms with Crippen molar-refractivity contribution in [3.63, 3.8) is 0 Å². The lowest BCUT2D eigenvalue weighted by Crippen LogP contribution is -2.51. The van der Waals surface area contributed by atoms with Crippen LogP contribution in [-0.2, 0) is 10.2 Å². The van der Waals surface area contributed by atoms with E-state index in [1.54, 1.807) is 49.6 Å². The van der Waals surface area contributed by atoms with Crippen LogP contribution in [0.5, 0.6) is 5.75 Å². The first-order chi connectivity index (χ1) is 20.0. The molecule has 1 spiro atoms. The number of nitrogens with zero attached hydrogens (tertiary/aromatic N) is 1. The van der Waals surface area contributed by atoms with Gasteiger partial charge in [-0.15, -0.1) is 0 Å². The van der Waals surface area contributed by atoms with Crippen molar-refractivity contribution in [3.05, 3.63) is 130 Å². The van der Waals surface area contributed by atoms with Gasteiger partial charge in [0.2, 0.25) is 5.91 Å². The number of fused-ring (bicyclic) bond motifs is 6. The maximum Gasteiger partial charge on any atom is 0.238 e. The molecule has 1 N–H and O–H groups in total. The van der Waals surface area contributed by atoms with Gasteiger partial charge in [0.05, 0.1) is 23.5 Å². The van der Waals surface area contributed by atoms with Crippen LogP contribution in [0.3, 0.4) is 0 Å². The van der Waals surface area contributed by atoms with E-state index >= 15 is 0 Å². The van der Waals surface area contributed by atoms with Gasteiger partial charge >= 0.3 is 0 Å². The van der Waals surface area contributed by atoms with E-state index < -0.39 is 23.4 Å².